The van der Waals surface area contributed by atoms with E-state index in [2.05, 4.69) is 10.5 Å². The number of rotatable bonds is 7. The number of nitrogens with zero attached hydrogens (tertiary/aromatic N) is 1. The van der Waals surface area contributed by atoms with E-state index in [1.165, 1.54) is 0 Å². The second kappa shape index (κ2) is 6.78. The number of aryl methyl sites for hydroxylation is 1. The van der Waals surface area contributed by atoms with Crippen LogP contribution in [0.25, 0.3) is 0 Å². The predicted molar refractivity (Wildman–Crippen MR) is 64.0 cm³/mol. The van der Waals surface area contributed by atoms with Crippen LogP contribution in [0.15, 0.2) is 10.6 Å². The first-order valence-electron chi connectivity index (χ1n) is 5.97. The van der Waals surface area contributed by atoms with Crippen molar-refractivity contribution in [2.75, 3.05) is 0 Å². The number of aliphatic carboxylic acids is 1. The van der Waals surface area contributed by atoms with E-state index < -0.39 is 12.0 Å². The number of hydrogen-bond donors (Lipinski definition) is 2. The number of unbranched alkanes of at least 4 members (excludes halogenated alkanes) is 1. The zero-order valence-corrected chi connectivity index (χ0v) is 10.6. The molecule has 0 saturated carbocycles. The SMILES string of the molecule is CCCC[C@H](NC(=O)Cc1cc(C)on1)C(=O)O. The van der Waals surface area contributed by atoms with Gasteiger partial charge in [-0.1, -0.05) is 24.9 Å². The van der Waals surface area contributed by atoms with E-state index in [4.69, 9.17) is 9.63 Å². The molecule has 6 nitrogen and oxygen atoms in total. The highest BCUT2D eigenvalue weighted by molar-refractivity contribution is 5.84. The van der Waals surface area contributed by atoms with Gasteiger partial charge >= 0.3 is 5.97 Å². The van der Waals surface area contributed by atoms with Crippen LogP contribution < -0.4 is 5.32 Å². The van der Waals surface area contributed by atoms with Gasteiger partial charge < -0.3 is 14.9 Å². The van der Waals surface area contributed by atoms with Crippen molar-refractivity contribution in [3.8, 4) is 0 Å². The van der Waals surface area contributed by atoms with Crippen molar-refractivity contribution in [3.63, 3.8) is 0 Å². The maximum Gasteiger partial charge on any atom is 0.326 e. The topological polar surface area (TPSA) is 92.4 Å². The summed E-state index contributed by atoms with van der Waals surface area (Å²) in [6, 6.07) is 0.826. The molecule has 1 aromatic rings. The number of carboxylic acids is 1. The Hall–Kier alpha value is -1.85. The minimum Gasteiger partial charge on any atom is -0.480 e. The molecule has 1 heterocycles. The molecule has 0 fully saturated rings. The molecule has 1 atom stereocenters. The van der Waals surface area contributed by atoms with Crippen LogP contribution in [0.2, 0.25) is 0 Å². The Morgan fingerprint density at radius 1 is 1.56 bits per heavy atom. The van der Waals surface area contributed by atoms with Crippen molar-refractivity contribution in [2.24, 2.45) is 0 Å². The highest BCUT2D eigenvalue weighted by Gasteiger charge is 2.19. The van der Waals surface area contributed by atoms with Crippen LogP contribution in [0.1, 0.15) is 37.6 Å². The molecular formula is C12H18N2O4. The van der Waals surface area contributed by atoms with Crippen LogP contribution in [0, 0.1) is 6.92 Å². The van der Waals surface area contributed by atoms with Gasteiger partial charge in [0, 0.05) is 6.07 Å². The lowest BCUT2D eigenvalue weighted by Gasteiger charge is -2.13. The van der Waals surface area contributed by atoms with E-state index in [1.54, 1.807) is 13.0 Å². The van der Waals surface area contributed by atoms with Gasteiger partial charge in [-0.25, -0.2) is 4.79 Å². The molecule has 2 N–H and O–H groups in total. The van der Waals surface area contributed by atoms with Crippen LogP contribution >= 0.6 is 0 Å². The summed E-state index contributed by atoms with van der Waals surface area (Å²) in [5.74, 6) is -0.737. The van der Waals surface area contributed by atoms with Gasteiger partial charge in [0.25, 0.3) is 0 Å². The summed E-state index contributed by atoms with van der Waals surface area (Å²) in [6.45, 7) is 3.70. The summed E-state index contributed by atoms with van der Waals surface area (Å²) in [4.78, 5) is 22.6. The minimum atomic E-state index is -1.01. The third-order valence-corrected chi connectivity index (χ3v) is 2.50. The van der Waals surface area contributed by atoms with E-state index in [0.717, 1.165) is 12.8 Å². The lowest BCUT2D eigenvalue weighted by atomic mass is 10.1. The predicted octanol–water partition coefficient (Wildman–Crippen LogP) is 1.29. The fraction of sp³-hybridized carbons (Fsp3) is 0.583. The molecule has 6 heteroatoms. The second-order valence-electron chi connectivity index (χ2n) is 4.21. The normalized spacial score (nSPS) is 12.1. The van der Waals surface area contributed by atoms with Gasteiger partial charge in [0.15, 0.2) is 0 Å². The molecule has 0 aliphatic rings. The summed E-state index contributed by atoms with van der Waals surface area (Å²) >= 11 is 0. The Kier molecular flexibility index (Phi) is 5.35. The summed E-state index contributed by atoms with van der Waals surface area (Å²) in [7, 11) is 0. The first-order chi connectivity index (χ1) is 8.52. The molecule has 0 saturated heterocycles. The Labute approximate surface area is 105 Å². The van der Waals surface area contributed by atoms with Crippen molar-refractivity contribution in [1.29, 1.82) is 0 Å². The minimum absolute atomic E-state index is 0.0350. The second-order valence-corrected chi connectivity index (χ2v) is 4.21. The van der Waals surface area contributed by atoms with Crippen LogP contribution in [0.5, 0.6) is 0 Å². The van der Waals surface area contributed by atoms with E-state index in [-0.39, 0.29) is 12.3 Å². The standard InChI is InChI=1S/C12H18N2O4/c1-3-4-5-10(12(16)17)13-11(15)7-9-6-8(2)18-14-9/h6,10H,3-5,7H2,1-2H3,(H,13,15)(H,16,17)/t10-/m0/s1. The number of carboxylic acid groups (broad SMARTS) is 1. The zero-order valence-electron chi connectivity index (χ0n) is 10.6. The fourth-order valence-electron chi connectivity index (χ4n) is 1.58. The third kappa shape index (κ3) is 4.57. The number of aromatic nitrogens is 1. The first-order valence-corrected chi connectivity index (χ1v) is 5.97. The van der Waals surface area contributed by atoms with Gasteiger partial charge in [-0.15, -0.1) is 0 Å². The number of carbonyl (C=O) groups excluding carboxylic acids is 1. The smallest absolute Gasteiger partial charge is 0.326 e. The maximum atomic E-state index is 11.6. The average molecular weight is 254 g/mol. The summed E-state index contributed by atoms with van der Waals surface area (Å²) in [5, 5.41) is 15.1. The van der Waals surface area contributed by atoms with Gasteiger partial charge in [0.1, 0.15) is 11.8 Å². The van der Waals surface area contributed by atoms with Crippen molar-refractivity contribution >= 4 is 11.9 Å². The van der Waals surface area contributed by atoms with Crippen LogP contribution in [0.4, 0.5) is 0 Å². The van der Waals surface area contributed by atoms with Gasteiger partial charge in [0.05, 0.1) is 12.1 Å². The lowest BCUT2D eigenvalue weighted by Crippen LogP contribution is -2.41. The quantitative estimate of drug-likeness (QED) is 0.764. The van der Waals surface area contributed by atoms with Crippen molar-refractivity contribution in [2.45, 2.75) is 45.6 Å². The molecule has 0 bridgehead atoms. The molecule has 18 heavy (non-hydrogen) atoms. The number of carbonyl (C=O) groups is 2. The Morgan fingerprint density at radius 3 is 2.78 bits per heavy atom. The lowest BCUT2D eigenvalue weighted by molar-refractivity contribution is -0.142. The van der Waals surface area contributed by atoms with Gasteiger partial charge in [-0.2, -0.15) is 0 Å². The van der Waals surface area contributed by atoms with Crippen LogP contribution in [-0.4, -0.2) is 28.2 Å². The maximum absolute atomic E-state index is 11.6. The fourth-order valence-corrected chi connectivity index (χ4v) is 1.58. The van der Waals surface area contributed by atoms with Gasteiger partial charge in [-0.05, 0) is 13.3 Å². The van der Waals surface area contributed by atoms with Crippen molar-refractivity contribution < 1.29 is 19.2 Å². The highest BCUT2D eigenvalue weighted by Crippen LogP contribution is 2.04. The number of amides is 1. The first kappa shape index (κ1) is 14.2. The molecule has 1 rings (SSSR count). The van der Waals surface area contributed by atoms with Crippen molar-refractivity contribution in [1.82, 2.24) is 10.5 Å². The zero-order chi connectivity index (χ0) is 13.5. The van der Waals surface area contributed by atoms with Gasteiger partial charge in [0.2, 0.25) is 5.91 Å². The van der Waals surface area contributed by atoms with Crippen molar-refractivity contribution in [3.05, 3.63) is 17.5 Å². The van der Waals surface area contributed by atoms with Crippen LogP contribution in [0.3, 0.4) is 0 Å². The molecule has 100 valence electrons. The summed E-state index contributed by atoms with van der Waals surface area (Å²) in [5.41, 5.74) is 0.504. The molecule has 0 spiro atoms. The van der Waals surface area contributed by atoms with E-state index in [0.29, 0.717) is 17.9 Å². The molecule has 1 amide bonds. The molecule has 0 radical (unpaired) electrons. The molecular weight excluding hydrogens is 236 g/mol. The molecule has 0 aromatic carbocycles. The Balaban J connectivity index is 2.48. The van der Waals surface area contributed by atoms with E-state index in [1.807, 2.05) is 6.92 Å². The summed E-state index contributed by atoms with van der Waals surface area (Å²) < 4.78 is 4.84. The molecule has 0 aliphatic heterocycles. The highest BCUT2D eigenvalue weighted by atomic mass is 16.5. The Morgan fingerprint density at radius 2 is 2.28 bits per heavy atom. The van der Waals surface area contributed by atoms with Crippen LogP contribution in [-0.2, 0) is 16.0 Å². The Bertz CT molecular complexity index is 414. The summed E-state index contributed by atoms with van der Waals surface area (Å²) in [6.07, 6.45) is 2.13. The monoisotopic (exact) mass is 254 g/mol. The largest absolute Gasteiger partial charge is 0.480 e. The van der Waals surface area contributed by atoms with Gasteiger partial charge in [-0.3, -0.25) is 4.79 Å². The molecule has 0 unspecified atom stereocenters. The van der Waals surface area contributed by atoms with E-state index >= 15 is 0 Å². The van der Waals surface area contributed by atoms with E-state index in [9.17, 15) is 9.59 Å². The molecule has 0 aliphatic carbocycles. The molecule has 1 aromatic heterocycles. The third-order valence-electron chi connectivity index (χ3n) is 2.50. The number of hydrogen-bond acceptors (Lipinski definition) is 4. The number of nitrogens with one attached hydrogen (secondary N) is 1. The average Bonchev–Trinajstić information content (AvgIpc) is 2.69.